The topological polar surface area (TPSA) is 59.2 Å². The number of H-pyrrole nitrogens is 1. The fourth-order valence-corrected chi connectivity index (χ4v) is 1.58. The minimum atomic E-state index is 0.429. The zero-order valence-corrected chi connectivity index (χ0v) is 11.1. The van der Waals surface area contributed by atoms with Crippen molar-refractivity contribution in [1.29, 1.82) is 0 Å². The van der Waals surface area contributed by atoms with E-state index in [4.69, 9.17) is 21.7 Å². The minimum absolute atomic E-state index is 0.429. The quantitative estimate of drug-likeness (QED) is 0.552. The molecule has 1 heterocycles. The first-order chi connectivity index (χ1) is 8.26. The number of hydrogen-bond donors (Lipinski definition) is 2. The van der Waals surface area contributed by atoms with Crippen molar-refractivity contribution >= 4 is 18.0 Å². The zero-order valence-electron chi connectivity index (χ0n) is 10.3. The highest BCUT2D eigenvalue weighted by Gasteiger charge is 1.98. The molecule has 0 unspecified atom stereocenters. The first-order valence-corrected chi connectivity index (χ1v) is 6.08. The van der Waals surface area contributed by atoms with Gasteiger partial charge in [0, 0.05) is 32.9 Å². The second kappa shape index (κ2) is 8.16. The molecule has 2 N–H and O–H groups in total. The maximum absolute atomic E-state index is 5.25. The van der Waals surface area contributed by atoms with E-state index in [1.165, 1.54) is 0 Å². The van der Waals surface area contributed by atoms with E-state index in [1.807, 2.05) is 6.92 Å². The van der Waals surface area contributed by atoms with Crippen LogP contribution in [0.3, 0.4) is 0 Å². The third kappa shape index (κ3) is 5.76. The second-order valence-electron chi connectivity index (χ2n) is 3.49. The van der Waals surface area contributed by atoms with Crippen LogP contribution < -0.4 is 5.32 Å². The molecule has 1 aromatic rings. The van der Waals surface area contributed by atoms with Crippen LogP contribution >= 0.6 is 12.2 Å². The maximum Gasteiger partial charge on any atom is 0.135 e. The van der Waals surface area contributed by atoms with Gasteiger partial charge in [0.25, 0.3) is 0 Å². The lowest BCUT2D eigenvalue weighted by atomic mass is 10.4. The standard InChI is InChI=1S/C11H19N3O2S/c1-3-16-6-4-5-12-9-7-11(17)14-10(13-9)8-15-2/h7H,3-6,8H2,1-2H3,(H2,12,13,14,17). The molecular weight excluding hydrogens is 238 g/mol. The summed E-state index contributed by atoms with van der Waals surface area (Å²) in [7, 11) is 1.63. The van der Waals surface area contributed by atoms with Crippen LogP contribution in [-0.2, 0) is 16.1 Å². The summed E-state index contributed by atoms with van der Waals surface area (Å²) in [5.41, 5.74) is 0. The molecule has 0 amide bonds. The Kier molecular flexibility index (Phi) is 6.76. The largest absolute Gasteiger partial charge is 0.382 e. The van der Waals surface area contributed by atoms with Crippen molar-refractivity contribution < 1.29 is 9.47 Å². The van der Waals surface area contributed by atoms with Gasteiger partial charge in [0.15, 0.2) is 0 Å². The Morgan fingerprint density at radius 2 is 2.35 bits per heavy atom. The Balaban J connectivity index is 2.44. The summed E-state index contributed by atoms with van der Waals surface area (Å²) in [5, 5.41) is 3.25. The van der Waals surface area contributed by atoms with Crippen LogP contribution in [-0.4, -0.2) is 36.8 Å². The molecule has 17 heavy (non-hydrogen) atoms. The summed E-state index contributed by atoms with van der Waals surface area (Å²) in [5.74, 6) is 1.60. The summed E-state index contributed by atoms with van der Waals surface area (Å²) in [6, 6.07) is 1.80. The Hall–Kier alpha value is -0.980. The molecule has 0 fully saturated rings. The number of nitrogens with zero attached hydrogens (tertiary/aromatic N) is 1. The normalized spacial score (nSPS) is 10.5. The zero-order chi connectivity index (χ0) is 12.5. The van der Waals surface area contributed by atoms with Crippen molar-refractivity contribution in [2.24, 2.45) is 0 Å². The third-order valence-corrected chi connectivity index (χ3v) is 2.27. The number of methoxy groups -OCH3 is 1. The highest BCUT2D eigenvalue weighted by Crippen LogP contribution is 2.04. The molecule has 1 aromatic heterocycles. The van der Waals surface area contributed by atoms with Crippen molar-refractivity contribution in [3.05, 3.63) is 16.5 Å². The Bertz CT molecular complexity index is 381. The van der Waals surface area contributed by atoms with E-state index in [-0.39, 0.29) is 0 Å². The first kappa shape index (κ1) is 14.1. The molecule has 0 saturated carbocycles. The number of nitrogens with one attached hydrogen (secondary N) is 2. The fourth-order valence-electron chi connectivity index (χ4n) is 1.35. The van der Waals surface area contributed by atoms with Crippen molar-refractivity contribution in [1.82, 2.24) is 9.97 Å². The van der Waals surface area contributed by atoms with Gasteiger partial charge in [0.05, 0.1) is 0 Å². The van der Waals surface area contributed by atoms with E-state index in [0.29, 0.717) is 11.2 Å². The summed E-state index contributed by atoms with van der Waals surface area (Å²) < 4.78 is 10.8. The SMILES string of the molecule is CCOCCCNc1cc(=S)nc(COC)[nH]1. The molecule has 0 saturated heterocycles. The van der Waals surface area contributed by atoms with Gasteiger partial charge in [-0.25, -0.2) is 4.98 Å². The van der Waals surface area contributed by atoms with Crippen LogP contribution in [0.5, 0.6) is 0 Å². The summed E-state index contributed by atoms with van der Waals surface area (Å²) in [4.78, 5) is 7.27. The van der Waals surface area contributed by atoms with E-state index in [0.717, 1.165) is 37.8 Å². The Labute approximate surface area is 107 Å². The van der Waals surface area contributed by atoms with Crippen molar-refractivity contribution in [2.45, 2.75) is 20.0 Å². The maximum atomic E-state index is 5.25. The van der Waals surface area contributed by atoms with Crippen molar-refractivity contribution in [2.75, 3.05) is 32.2 Å². The number of anilines is 1. The minimum Gasteiger partial charge on any atom is -0.382 e. The number of rotatable bonds is 8. The monoisotopic (exact) mass is 257 g/mol. The van der Waals surface area contributed by atoms with E-state index in [2.05, 4.69) is 15.3 Å². The molecule has 0 aromatic carbocycles. The average Bonchev–Trinajstić information content (AvgIpc) is 2.28. The van der Waals surface area contributed by atoms with Gasteiger partial charge < -0.3 is 19.8 Å². The molecule has 1 rings (SSSR count). The Morgan fingerprint density at radius 3 is 3.06 bits per heavy atom. The molecule has 5 nitrogen and oxygen atoms in total. The molecule has 0 spiro atoms. The number of hydrogen-bond acceptors (Lipinski definition) is 5. The second-order valence-corrected chi connectivity index (χ2v) is 3.91. The lowest BCUT2D eigenvalue weighted by molar-refractivity contribution is 0.147. The lowest BCUT2D eigenvalue weighted by Gasteiger charge is -2.08. The van der Waals surface area contributed by atoms with Gasteiger partial charge in [0.1, 0.15) is 22.9 Å². The molecule has 6 heteroatoms. The highest BCUT2D eigenvalue weighted by molar-refractivity contribution is 7.71. The van der Waals surface area contributed by atoms with E-state index in [1.54, 1.807) is 13.2 Å². The van der Waals surface area contributed by atoms with Gasteiger partial charge in [-0.1, -0.05) is 12.2 Å². The van der Waals surface area contributed by atoms with Crippen molar-refractivity contribution in [3.63, 3.8) is 0 Å². The van der Waals surface area contributed by atoms with Gasteiger partial charge in [-0.05, 0) is 13.3 Å². The van der Waals surface area contributed by atoms with Gasteiger partial charge in [-0.3, -0.25) is 0 Å². The number of ether oxygens (including phenoxy) is 2. The third-order valence-electron chi connectivity index (χ3n) is 2.06. The van der Waals surface area contributed by atoms with Crippen LogP contribution in [0.4, 0.5) is 5.82 Å². The smallest absolute Gasteiger partial charge is 0.135 e. The highest BCUT2D eigenvalue weighted by atomic mass is 32.1. The molecule has 96 valence electrons. The number of aromatic amines is 1. The van der Waals surface area contributed by atoms with Gasteiger partial charge in [-0.15, -0.1) is 0 Å². The molecule has 0 aliphatic heterocycles. The van der Waals surface area contributed by atoms with Crippen molar-refractivity contribution in [3.8, 4) is 0 Å². The average molecular weight is 257 g/mol. The summed E-state index contributed by atoms with van der Waals surface area (Å²) in [6.45, 7) is 4.78. The van der Waals surface area contributed by atoms with Crippen LogP contribution in [0.1, 0.15) is 19.2 Å². The van der Waals surface area contributed by atoms with Crippen LogP contribution in [0, 0.1) is 4.64 Å². The van der Waals surface area contributed by atoms with Crippen LogP contribution in [0.15, 0.2) is 6.07 Å². The van der Waals surface area contributed by atoms with E-state index in [9.17, 15) is 0 Å². The first-order valence-electron chi connectivity index (χ1n) is 5.67. The number of aromatic nitrogens is 2. The fraction of sp³-hybridized carbons (Fsp3) is 0.636. The lowest BCUT2D eigenvalue weighted by Crippen LogP contribution is -2.08. The summed E-state index contributed by atoms with van der Waals surface area (Å²) >= 11 is 5.07. The molecule has 0 aliphatic rings. The summed E-state index contributed by atoms with van der Waals surface area (Å²) in [6.07, 6.45) is 0.955. The predicted molar refractivity (Wildman–Crippen MR) is 69.7 cm³/mol. The Morgan fingerprint density at radius 1 is 1.53 bits per heavy atom. The van der Waals surface area contributed by atoms with Crippen LogP contribution in [0.25, 0.3) is 0 Å². The van der Waals surface area contributed by atoms with Crippen LogP contribution in [0.2, 0.25) is 0 Å². The molecular formula is C11H19N3O2S. The van der Waals surface area contributed by atoms with Gasteiger partial charge in [-0.2, -0.15) is 0 Å². The predicted octanol–water partition coefficient (Wildman–Crippen LogP) is 2.12. The molecule has 0 bridgehead atoms. The molecule has 0 aliphatic carbocycles. The molecule has 0 radical (unpaired) electrons. The van der Waals surface area contributed by atoms with E-state index >= 15 is 0 Å². The molecule has 0 atom stereocenters. The van der Waals surface area contributed by atoms with Gasteiger partial charge >= 0.3 is 0 Å². The van der Waals surface area contributed by atoms with Gasteiger partial charge in [0.2, 0.25) is 0 Å². The van der Waals surface area contributed by atoms with E-state index < -0.39 is 0 Å².